The number of aromatic nitrogens is 2. The van der Waals surface area contributed by atoms with Crippen molar-refractivity contribution in [1.29, 1.82) is 0 Å². The van der Waals surface area contributed by atoms with Gasteiger partial charge in [-0.05, 0) is 61.8 Å². The number of carboxylic acids is 1. The van der Waals surface area contributed by atoms with Crippen molar-refractivity contribution < 1.29 is 9.90 Å². The fourth-order valence-electron chi connectivity index (χ4n) is 5.17. The summed E-state index contributed by atoms with van der Waals surface area (Å²) in [5.41, 5.74) is 6.60. The molecule has 5 heteroatoms. The van der Waals surface area contributed by atoms with Gasteiger partial charge in [-0.15, -0.1) is 0 Å². The molecule has 3 N–H and O–H groups in total. The molecule has 0 spiro atoms. The normalized spacial score (nSPS) is 38.1. The maximum atomic E-state index is 11.1. The van der Waals surface area contributed by atoms with Crippen LogP contribution in [0.15, 0.2) is 6.07 Å². The molecular weight excluding hydrogens is 254 g/mol. The highest BCUT2D eigenvalue weighted by molar-refractivity contribution is 5.85. The first kappa shape index (κ1) is 12.1. The van der Waals surface area contributed by atoms with E-state index in [1.54, 1.807) is 6.07 Å². The van der Waals surface area contributed by atoms with Crippen LogP contribution in [0.3, 0.4) is 0 Å². The Labute approximate surface area is 117 Å². The van der Waals surface area contributed by atoms with E-state index in [4.69, 9.17) is 10.8 Å². The number of carboxylic acid groups (broad SMARTS) is 1. The van der Waals surface area contributed by atoms with Crippen molar-refractivity contribution in [1.82, 2.24) is 9.97 Å². The van der Waals surface area contributed by atoms with E-state index in [0.29, 0.717) is 17.8 Å². The Kier molecular flexibility index (Phi) is 2.53. The van der Waals surface area contributed by atoms with Crippen LogP contribution in [0.5, 0.6) is 0 Å². The molecule has 5 rings (SSSR count). The van der Waals surface area contributed by atoms with E-state index in [-0.39, 0.29) is 11.6 Å². The molecule has 1 heterocycles. The lowest BCUT2D eigenvalue weighted by Gasteiger charge is -2.54. The highest BCUT2D eigenvalue weighted by atomic mass is 16.4. The molecule has 4 saturated carbocycles. The molecule has 4 aliphatic carbocycles. The smallest absolute Gasteiger partial charge is 0.354 e. The van der Waals surface area contributed by atoms with Crippen molar-refractivity contribution in [2.24, 2.45) is 23.7 Å². The number of nitrogens with zero attached hydrogens (tertiary/aromatic N) is 2. The number of hydrogen-bond acceptors (Lipinski definition) is 4. The molecule has 4 bridgehead atoms. The van der Waals surface area contributed by atoms with Crippen LogP contribution in [0.4, 0.5) is 5.95 Å². The van der Waals surface area contributed by atoms with E-state index < -0.39 is 5.97 Å². The van der Waals surface area contributed by atoms with Crippen LogP contribution < -0.4 is 5.73 Å². The number of anilines is 1. The predicted octanol–water partition coefficient (Wildman–Crippen LogP) is 2.30. The number of aromatic carboxylic acids is 1. The number of hydrogen-bond donors (Lipinski definition) is 2. The Hall–Kier alpha value is -1.65. The van der Waals surface area contributed by atoms with Gasteiger partial charge in [0.25, 0.3) is 0 Å². The SMILES string of the molecule is Nc1nc(C(=O)O)cc(C2C3CC4CC(C3)CC2C4)n1. The monoisotopic (exact) mass is 273 g/mol. The summed E-state index contributed by atoms with van der Waals surface area (Å²) in [4.78, 5) is 19.3. The van der Waals surface area contributed by atoms with Gasteiger partial charge in [-0.1, -0.05) is 0 Å². The van der Waals surface area contributed by atoms with Crippen LogP contribution >= 0.6 is 0 Å². The van der Waals surface area contributed by atoms with Crippen LogP contribution in [0.25, 0.3) is 0 Å². The van der Waals surface area contributed by atoms with Crippen LogP contribution in [0.2, 0.25) is 0 Å². The van der Waals surface area contributed by atoms with E-state index in [2.05, 4.69) is 9.97 Å². The van der Waals surface area contributed by atoms with Gasteiger partial charge in [-0.3, -0.25) is 0 Å². The summed E-state index contributed by atoms with van der Waals surface area (Å²) in [5.74, 6) is 2.59. The molecule has 20 heavy (non-hydrogen) atoms. The molecule has 1 aromatic rings. The first-order valence-corrected chi connectivity index (χ1v) is 7.48. The lowest BCUT2D eigenvalue weighted by Crippen LogP contribution is -2.44. The fourth-order valence-corrected chi connectivity index (χ4v) is 5.17. The Morgan fingerprint density at radius 2 is 1.70 bits per heavy atom. The minimum atomic E-state index is -1.02. The summed E-state index contributed by atoms with van der Waals surface area (Å²) in [7, 11) is 0. The second-order valence-electron chi connectivity index (χ2n) is 6.80. The topological polar surface area (TPSA) is 89.1 Å². The van der Waals surface area contributed by atoms with Gasteiger partial charge in [0.05, 0.1) is 5.69 Å². The number of rotatable bonds is 2. The van der Waals surface area contributed by atoms with Gasteiger partial charge in [-0.25, -0.2) is 14.8 Å². The zero-order chi connectivity index (χ0) is 13.9. The molecular formula is C15H19N3O2. The summed E-state index contributed by atoms with van der Waals surface area (Å²) in [6.45, 7) is 0. The Morgan fingerprint density at radius 1 is 1.10 bits per heavy atom. The molecule has 0 aliphatic heterocycles. The van der Waals surface area contributed by atoms with Gasteiger partial charge in [0.1, 0.15) is 0 Å². The van der Waals surface area contributed by atoms with Crippen LogP contribution in [0, 0.1) is 23.7 Å². The molecule has 5 nitrogen and oxygen atoms in total. The highest BCUT2D eigenvalue weighted by Crippen LogP contribution is 2.59. The predicted molar refractivity (Wildman–Crippen MR) is 73.2 cm³/mol. The molecule has 4 fully saturated rings. The zero-order valence-corrected chi connectivity index (χ0v) is 11.3. The second kappa shape index (κ2) is 4.17. The Balaban J connectivity index is 1.72. The summed E-state index contributed by atoms with van der Waals surface area (Å²) < 4.78 is 0. The number of carbonyl (C=O) groups is 1. The van der Waals surface area contributed by atoms with E-state index in [1.165, 1.54) is 32.1 Å². The van der Waals surface area contributed by atoms with E-state index in [1.807, 2.05) is 0 Å². The van der Waals surface area contributed by atoms with Crippen molar-refractivity contribution >= 4 is 11.9 Å². The standard InChI is InChI=1S/C15H19N3O2/c16-15-17-11(6-12(18-15)14(19)20)13-9-2-7-1-8(4-9)5-10(13)3-7/h6-10,13H,1-5H2,(H,19,20)(H2,16,17,18). The summed E-state index contributed by atoms with van der Waals surface area (Å²) in [6, 6.07) is 1.64. The molecule has 0 saturated heterocycles. The summed E-state index contributed by atoms with van der Waals surface area (Å²) >= 11 is 0. The Morgan fingerprint density at radius 3 is 2.25 bits per heavy atom. The van der Waals surface area contributed by atoms with E-state index >= 15 is 0 Å². The van der Waals surface area contributed by atoms with Crippen molar-refractivity contribution in [2.75, 3.05) is 5.73 Å². The molecule has 1 aromatic heterocycles. The largest absolute Gasteiger partial charge is 0.477 e. The first-order valence-electron chi connectivity index (χ1n) is 7.48. The van der Waals surface area contributed by atoms with Gasteiger partial charge in [0.15, 0.2) is 5.69 Å². The molecule has 0 radical (unpaired) electrons. The minimum absolute atomic E-state index is 0.0290. The third kappa shape index (κ3) is 1.79. The molecule has 4 aliphatic rings. The average molecular weight is 273 g/mol. The zero-order valence-electron chi connectivity index (χ0n) is 11.3. The van der Waals surface area contributed by atoms with E-state index in [0.717, 1.165) is 17.5 Å². The lowest BCUT2D eigenvalue weighted by atomic mass is 9.51. The average Bonchev–Trinajstić information content (AvgIpc) is 2.36. The maximum absolute atomic E-state index is 11.1. The van der Waals surface area contributed by atoms with Crippen LogP contribution in [0.1, 0.15) is 54.2 Å². The van der Waals surface area contributed by atoms with Gasteiger partial charge in [0.2, 0.25) is 5.95 Å². The van der Waals surface area contributed by atoms with Crippen molar-refractivity contribution in [3.8, 4) is 0 Å². The Bertz CT molecular complexity index is 544. The van der Waals surface area contributed by atoms with Gasteiger partial charge >= 0.3 is 5.97 Å². The third-order valence-corrected chi connectivity index (χ3v) is 5.55. The number of nitrogen functional groups attached to an aromatic ring is 1. The van der Waals surface area contributed by atoms with Crippen molar-refractivity contribution in [3.63, 3.8) is 0 Å². The second-order valence-corrected chi connectivity index (χ2v) is 6.80. The van der Waals surface area contributed by atoms with Gasteiger partial charge in [0, 0.05) is 5.92 Å². The van der Waals surface area contributed by atoms with Gasteiger partial charge in [-0.2, -0.15) is 0 Å². The van der Waals surface area contributed by atoms with Gasteiger partial charge < -0.3 is 10.8 Å². The lowest BCUT2D eigenvalue weighted by molar-refractivity contribution is -0.00419. The molecule has 106 valence electrons. The number of nitrogens with two attached hydrogens (primary N) is 1. The van der Waals surface area contributed by atoms with Crippen LogP contribution in [-0.2, 0) is 0 Å². The third-order valence-electron chi connectivity index (χ3n) is 5.55. The molecule has 0 amide bonds. The van der Waals surface area contributed by atoms with E-state index in [9.17, 15) is 4.79 Å². The summed E-state index contributed by atoms with van der Waals surface area (Å²) in [5, 5.41) is 9.14. The van der Waals surface area contributed by atoms with Crippen LogP contribution in [-0.4, -0.2) is 21.0 Å². The van der Waals surface area contributed by atoms with Crippen molar-refractivity contribution in [2.45, 2.75) is 38.0 Å². The fraction of sp³-hybridized carbons (Fsp3) is 0.667. The quantitative estimate of drug-likeness (QED) is 0.863. The maximum Gasteiger partial charge on any atom is 0.354 e. The molecule has 0 unspecified atom stereocenters. The van der Waals surface area contributed by atoms with Crippen molar-refractivity contribution in [3.05, 3.63) is 17.5 Å². The summed E-state index contributed by atoms with van der Waals surface area (Å²) in [6.07, 6.45) is 6.54. The first-order chi connectivity index (χ1) is 9.60. The molecule has 0 aromatic carbocycles. The highest BCUT2D eigenvalue weighted by Gasteiger charge is 2.49. The minimum Gasteiger partial charge on any atom is -0.477 e. The molecule has 0 atom stereocenters.